The fraction of sp³-hybridized carbons (Fsp3) is 0.500. The first-order chi connectivity index (χ1) is 4.04. The SMILES string of the molecule is C/C(=C/C(N)=O)N(C)C. The molecule has 0 saturated carbocycles. The van der Waals surface area contributed by atoms with Crippen molar-refractivity contribution in [1.82, 2.24) is 4.90 Å². The highest BCUT2D eigenvalue weighted by molar-refractivity contribution is 5.86. The van der Waals surface area contributed by atoms with Gasteiger partial charge < -0.3 is 10.6 Å². The van der Waals surface area contributed by atoms with Crippen molar-refractivity contribution in [2.75, 3.05) is 14.1 Å². The largest absolute Gasteiger partial charge is 0.381 e. The number of allylic oxidation sites excluding steroid dienone is 1. The van der Waals surface area contributed by atoms with Gasteiger partial charge in [0.05, 0.1) is 0 Å². The maximum Gasteiger partial charge on any atom is 0.243 e. The molecule has 0 heterocycles. The molecule has 0 aromatic carbocycles. The lowest BCUT2D eigenvalue weighted by atomic mass is 10.4. The highest BCUT2D eigenvalue weighted by Crippen LogP contribution is 1.93. The van der Waals surface area contributed by atoms with Crippen LogP contribution in [0.3, 0.4) is 0 Å². The third-order valence-electron chi connectivity index (χ3n) is 1.06. The number of primary amides is 1. The highest BCUT2D eigenvalue weighted by Gasteiger charge is 1.91. The van der Waals surface area contributed by atoms with Crippen LogP contribution in [-0.2, 0) is 4.79 Å². The molecule has 0 bridgehead atoms. The van der Waals surface area contributed by atoms with E-state index in [1.165, 1.54) is 6.08 Å². The molecular weight excluding hydrogens is 116 g/mol. The van der Waals surface area contributed by atoms with Crippen LogP contribution < -0.4 is 5.73 Å². The Labute approximate surface area is 55.1 Å². The molecule has 0 aliphatic heterocycles. The molecule has 0 aliphatic carbocycles. The number of carbonyl (C=O) groups excluding carboxylic acids is 1. The number of amides is 1. The minimum absolute atomic E-state index is 0.402. The van der Waals surface area contributed by atoms with Crippen LogP contribution in [0.1, 0.15) is 6.92 Å². The summed E-state index contributed by atoms with van der Waals surface area (Å²) in [7, 11) is 3.71. The predicted molar refractivity (Wildman–Crippen MR) is 36.6 cm³/mol. The number of hydrogen-bond acceptors (Lipinski definition) is 2. The maximum atomic E-state index is 10.2. The standard InChI is InChI=1S/C6H12N2O/c1-5(8(2)3)4-6(7)9/h4H,1-3H3,(H2,7,9)/b5-4-. The summed E-state index contributed by atoms with van der Waals surface area (Å²) in [6.45, 7) is 1.82. The Morgan fingerprint density at radius 3 is 2.11 bits per heavy atom. The van der Waals surface area contributed by atoms with Gasteiger partial charge >= 0.3 is 0 Å². The quantitative estimate of drug-likeness (QED) is 0.529. The molecular formula is C6H12N2O. The topological polar surface area (TPSA) is 46.3 Å². The van der Waals surface area contributed by atoms with Crippen molar-refractivity contribution in [3.05, 3.63) is 11.8 Å². The van der Waals surface area contributed by atoms with E-state index in [0.29, 0.717) is 0 Å². The van der Waals surface area contributed by atoms with Crippen LogP contribution in [0.4, 0.5) is 0 Å². The molecule has 0 rings (SSSR count). The van der Waals surface area contributed by atoms with Gasteiger partial charge in [0.15, 0.2) is 0 Å². The third kappa shape index (κ3) is 3.58. The molecule has 1 amide bonds. The molecule has 0 aliphatic rings. The van der Waals surface area contributed by atoms with Crippen LogP contribution in [0.5, 0.6) is 0 Å². The lowest BCUT2D eigenvalue weighted by Crippen LogP contribution is -2.13. The first kappa shape index (κ1) is 8.01. The van der Waals surface area contributed by atoms with Crippen molar-refractivity contribution in [1.29, 1.82) is 0 Å². The Morgan fingerprint density at radius 2 is 2.00 bits per heavy atom. The minimum atomic E-state index is -0.402. The van der Waals surface area contributed by atoms with Crippen LogP contribution in [0.15, 0.2) is 11.8 Å². The Morgan fingerprint density at radius 1 is 1.56 bits per heavy atom. The normalized spacial score (nSPS) is 11.2. The zero-order chi connectivity index (χ0) is 7.44. The molecule has 0 saturated heterocycles. The summed E-state index contributed by atoms with van der Waals surface area (Å²) < 4.78 is 0. The van der Waals surface area contributed by atoms with Crippen LogP contribution in [0.25, 0.3) is 0 Å². The fourth-order valence-corrected chi connectivity index (χ4v) is 0.335. The molecule has 3 nitrogen and oxygen atoms in total. The average molecular weight is 128 g/mol. The number of nitrogens with two attached hydrogens (primary N) is 1. The summed E-state index contributed by atoms with van der Waals surface area (Å²) in [4.78, 5) is 12.1. The van der Waals surface area contributed by atoms with Gasteiger partial charge in [0.2, 0.25) is 5.91 Å². The first-order valence-corrected chi connectivity index (χ1v) is 2.69. The summed E-state index contributed by atoms with van der Waals surface area (Å²) in [6.07, 6.45) is 1.39. The first-order valence-electron chi connectivity index (χ1n) is 2.69. The fourth-order valence-electron chi connectivity index (χ4n) is 0.335. The van der Waals surface area contributed by atoms with Gasteiger partial charge in [-0.3, -0.25) is 4.79 Å². The molecule has 3 heteroatoms. The minimum Gasteiger partial charge on any atom is -0.381 e. The van der Waals surface area contributed by atoms with Crippen molar-refractivity contribution < 1.29 is 4.79 Å². The molecule has 0 fully saturated rings. The molecule has 2 N–H and O–H groups in total. The Kier molecular flexibility index (Phi) is 2.78. The van der Waals surface area contributed by atoms with Crippen molar-refractivity contribution >= 4 is 5.91 Å². The van der Waals surface area contributed by atoms with E-state index in [1.807, 2.05) is 25.9 Å². The summed E-state index contributed by atoms with van der Waals surface area (Å²) >= 11 is 0. The van der Waals surface area contributed by atoms with Crippen molar-refractivity contribution in [2.24, 2.45) is 5.73 Å². The Hall–Kier alpha value is -0.990. The summed E-state index contributed by atoms with van der Waals surface area (Å²) in [5.74, 6) is -0.402. The molecule has 9 heavy (non-hydrogen) atoms. The maximum absolute atomic E-state index is 10.2. The van der Waals surface area contributed by atoms with E-state index in [9.17, 15) is 4.79 Å². The number of rotatable bonds is 2. The number of carbonyl (C=O) groups is 1. The van der Waals surface area contributed by atoms with E-state index in [2.05, 4.69) is 0 Å². The molecule has 0 spiro atoms. The zero-order valence-electron chi connectivity index (χ0n) is 6.01. The molecule has 0 unspecified atom stereocenters. The van der Waals surface area contributed by atoms with E-state index >= 15 is 0 Å². The summed E-state index contributed by atoms with van der Waals surface area (Å²) in [5, 5.41) is 0. The van der Waals surface area contributed by atoms with Gasteiger partial charge in [0.25, 0.3) is 0 Å². The van der Waals surface area contributed by atoms with Gasteiger partial charge in [0, 0.05) is 25.9 Å². The molecule has 0 atom stereocenters. The highest BCUT2D eigenvalue weighted by atomic mass is 16.1. The monoisotopic (exact) mass is 128 g/mol. The van der Waals surface area contributed by atoms with Crippen molar-refractivity contribution in [3.8, 4) is 0 Å². The molecule has 0 aromatic rings. The van der Waals surface area contributed by atoms with Gasteiger partial charge in [-0.25, -0.2) is 0 Å². The van der Waals surface area contributed by atoms with Gasteiger partial charge in [-0.1, -0.05) is 0 Å². The lowest BCUT2D eigenvalue weighted by Gasteiger charge is -2.10. The average Bonchev–Trinajstić information content (AvgIpc) is 1.63. The van der Waals surface area contributed by atoms with Gasteiger partial charge in [-0.05, 0) is 6.92 Å². The van der Waals surface area contributed by atoms with Crippen molar-refractivity contribution in [2.45, 2.75) is 6.92 Å². The predicted octanol–water partition coefficient (Wildman–Crippen LogP) is -0.0629. The van der Waals surface area contributed by atoms with E-state index in [-0.39, 0.29) is 0 Å². The van der Waals surface area contributed by atoms with Gasteiger partial charge in [-0.15, -0.1) is 0 Å². The molecule has 0 aromatic heterocycles. The van der Waals surface area contributed by atoms with Gasteiger partial charge in [-0.2, -0.15) is 0 Å². The molecule has 0 radical (unpaired) electrons. The number of hydrogen-bond donors (Lipinski definition) is 1. The van der Waals surface area contributed by atoms with Crippen LogP contribution in [0.2, 0.25) is 0 Å². The zero-order valence-corrected chi connectivity index (χ0v) is 6.01. The molecule has 52 valence electrons. The van der Waals surface area contributed by atoms with Crippen LogP contribution >= 0.6 is 0 Å². The number of nitrogens with zero attached hydrogens (tertiary/aromatic N) is 1. The second kappa shape index (κ2) is 3.12. The van der Waals surface area contributed by atoms with E-state index in [1.54, 1.807) is 0 Å². The van der Waals surface area contributed by atoms with Crippen LogP contribution in [-0.4, -0.2) is 24.9 Å². The van der Waals surface area contributed by atoms with E-state index in [4.69, 9.17) is 5.73 Å². The second-order valence-corrected chi connectivity index (χ2v) is 2.08. The van der Waals surface area contributed by atoms with E-state index in [0.717, 1.165) is 5.70 Å². The summed E-state index contributed by atoms with van der Waals surface area (Å²) in [5.41, 5.74) is 5.75. The second-order valence-electron chi connectivity index (χ2n) is 2.08. The van der Waals surface area contributed by atoms with Gasteiger partial charge in [0.1, 0.15) is 0 Å². The lowest BCUT2D eigenvalue weighted by molar-refractivity contribution is -0.113. The smallest absolute Gasteiger partial charge is 0.243 e. The van der Waals surface area contributed by atoms with E-state index < -0.39 is 5.91 Å². The Bertz CT molecular complexity index is 138. The van der Waals surface area contributed by atoms with Crippen LogP contribution in [0, 0.1) is 0 Å². The third-order valence-corrected chi connectivity index (χ3v) is 1.06. The summed E-state index contributed by atoms with van der Waals surface area (Å²) in [6, 6.07) is 0. The van der Waals surface area contributed by atoms with Crippen molar-refractivity contribution in [3.63, 3.8) is 0 Å². The Balaban J connectivity index is 4.00.